The summed E-state index contributed by atoms with van der Waals surface area (Å²) in [4.78, 5) is 24.0. The van der Waals surface area contributed by atoms with E-state index in [0.717, 1.165) is 38.2 Å². The van der Waals surface area contributed by atoms with Crippen LogP contribution in [0.4, 0.5) is 0 Å². The number of aliphatic hydroxyl groups is 1. The standard InChI is InChI=1S/C18H24Cl2N2O6S/c1-11(23)17(22-29(26,27)13-7-8-14(19)15(20)9-13)18(25)28-10-16(24)21-12-5-3-2-4-6-12/h7-9,11-12,17,22-23H,2-6,10H2,1H3,(H,21,24). The van der Waals surface area contributed by atoms with E-state index in [1.165, 1.54) is 19.1 Å². The van der Waals surface area contributed by atoms with Crippen LogP contribution in [0.5, 0.6) is 0 Å². The summed E-state index contributed by atoms with van der Waals surface area (Å²) in [5.74, 6) is -1.54. The molecule has 11 heteroatoms. The summed E-state index contributed by atoms with van der Waals surface area (Å²) in [5, 5.41) is 12.8. The average Bonchev–Trinajstić information content (AvgIpc) is 2.67. The predicted octanol–water partition coefficient (Wildman–Crippen LogP) is 2.01. The molecule has 0 saturated heterocycles. The van der Waals surface area contributed by atoms with Crippen molar-refractivity contribution in [3.8, 4) is 0 Å². The highest BCUT2D eigenvalue weighted by molar-refractivity contribution is 7.89. The quantitative estimate of drug-likeness (QED) is 0.503. The monoisotopic (exact) mass is 466 g/mol. The van der Waals surface area contributed by atoms with E-state index in [-0.39, 0.29) is 21.0 Å². The molecule has 1 aromatic carbocycles. The number of hydrogen-bond acceptors (Lipinski definition) is 6. The summed E-state index contributed by atoms with van der Waals surface area (Å²) < 4.78 is 32.0. The van der Waals surface area contributed by atoms with E-state index in [1.54, 1.807) is 0 Å². The minimum atomic E-state index is -4.20. The fourth-order valence-electron chi connectivity index (χ4n) is 2.97. The molecule has 2 atom stereocenters. The Morgan fingerprint density at radius 2 is 1.86 bits per heavy atom. The Bertz CT molecular complexity index is 841. The van der Waals surface area contributed by atoms with Crippen molar-refractivity contribution in [2.75, 3.05) is 6.61 Å². The molecular weight excluding hydrogens is 443 g/mol. The van der Waals surface area contributed by atoms with E-state index in [1.807, 2.05) is 0 Å². The van der Waals surface area contributed by atoms with Crippen LogP contribution in [0.3, 0.4) is 0 Å². The van der Waals surface area contributed by atoms with Crippen molar-refractivity contribution in [1.82, 2.24) is 10.0 Å². The predicted molar refractivity (Wildman–Crippen MR) is 108 cm³/mol. The Kier molecular flexibility index (Phi) is 8.72. The van der Waals surface area contributed by atoms with Gasteiger partial charge in [0.1, 0.15) is 6.04 Å². The number of sulfonamides is 1. The Hall–Kier alpha value is -1.39. The van der Waals surface area contributed by atoms with Crippen LogP contribution in [0.25, 0.3) is 0 Å². The lowest BCUT2D eigenvalue weighted by molar-refractivity contribution is -0.152. The molecule has 1 saturated carbocycles. The van der Waals surface area contributed by atoms with Crippen LogP contribution in [-0.4, -0.2) is 50.2 Å². The second-order valence-corrected chi connectivity index (χ2v) is 9.45. The molecule has 162 valence electrons. The van der Waals surface area contributed by atoms with Crippen LogP contribution in [0.2, 0.25) is 10.0 Å². The summed E-state index contributed by atoms with van der Waals surface area (Å²) in [6.07, 6.45) is 3.55. The molecule has 2 unspecified atom stereocenters. The number of nitrogens with one attached hydrogen (secondary N) is 2. The van der Waals surface area contributed by atoms with Crippen molar-refractivity contribution in [3.05, 3.63) is 28.2 Å². The number of aliphatic hydroxyl groups excluding tert-OH is 1. The van der Waals surface area contributed by atoms with Gasteiger partial charge in [-0.05, 0) is 38.0 Å². The molecule has 0 bridgehead atoms. The Morgan fingerprint density at radius 3 is 2.45 bits per heavy atom. The molecule has 0 spiro atoms. The first kappa shape index (κ1) is 23.9. The highest BCUT2D eigenvalue weighted by atomic mass is 35.5. The van der Waals surface area contributed by atoms with Gasteiger partial charge in [-0.25, -0.2) is 8.42 Å². The molecule has 0 radical (unpaired) electrons. The van der Waals surface area contributed by atoms with Crippen LogP contribution < -0.4 is 10.0 Å². The molecule has 0 aromatic heterocycles. The molecule has 1 amide bonds. The number of carbonyl (C=O) groups excluding carboxylic acids is 2. The number of rotatable bonds is 8. The molecule has 2 rings (SSSR count). The van der Waals surface area contributed by atoms with E-state index >= 15 is 0 Å². The van der Waals surface area contributed by atoms with Gasteiger partial charge in [-0.15, -0.1) is 0 Å². The zero-order valence-electron chi connectivity index (χ0n) is 15.9. The minimum absolute atomic E-state index is 0.0186. The number of carbonyl (C=O) groups is 2. The molecule has 0 heterocycles. The zero-order valence-corrected chi connectivity index (χ0v) is 18.2. The second-order valence-electron chi connectivity index (χ2n) is 6.93. The molecule has 3 N–H and O–H groups in total. The maximum absolute atomic E-state index is 12.5. The number of benzene rings is 1. The van der Waals surface area contributed by atoms with Crippen LogP contribution in [0, 0.1) is 0 Å². The number of amides is 1. The normalized spacial score (nSPS) is 17.4. The van der Waals surface area contributed by atoms with Crippen molar-refractivity contribution in [3.63, 3.8) is 0 Å². The maximum atomic E-state index is 12.5. The first-order valence-electron chi connectivity index (χ1n) is 9.21. The van der Waals surface area contributed by atoms with Crippen molar-refractivity contribution in [2.45, 2.75) is 62.1 Å². The topological polar surface area (TPSA) is 122 Å². The Labute approximate surface area is 180 Å². The van der Waals surface area contributed by atoms with Gasteiger partial charge in [-0.1, -0.05) is 42.5 Å². The van der Waals surface area contributed by atoms with E-state index in [2.05, 4.69) is 10.0 Å². The molecular formula is C18H24Cl2N2O6S. The van der Waals surface area contributed by atoms with Crippen LogP contribution >= 0.6 is 23.2 Å². The lowest BCUT2D eigenvalue weighted by atomic mass is 9.95. The summed E-state index contributed by atoms with van der Waals surface area (Å²) in [6, 6.07) is 2.07. The lowest BCUT2D eigenvalue weighted by Gasteiger charge is -2.23. The fraction of sp³-hybridized carbons (Fsp3) is 0.556. The van der Waals surface area contributed by atoms with Gasteiger partial charge in [-0.2, -0.15) is 4.72 Å². The third-order valence-electron chi connectivity index (χ3n) is 4.54. The van der Waals surface area contributed by atoms with Crippen molar-refractivity contribution >= 4 is 45.1 Å². The first-order valence-corrected chi connectivity index (χ1v) is 11.5. The van der Waals surface area contributed by atoms with E-state index < -0.39 is 40.7 Å². The third-order valence-corrected chi connectivity index (χ3v) is 6.71. The molecule has 1 aromatic rings. The summed E-state index contributed by atoms with van der Waals surface area (Å²) in [7, 11) is -4.20. The van der Waals surface area contributed by atoms with Crippen LogP contribution in [0.1, 0.15) is 39.0 Å². The van der Waals surface area contributed by atoms with E-state index in [0.29, 0.717) is 0 Å². The van der Waals surface area contributed by atoms with Crippen molar-refractivity contribution < 1.29 is 27.9 Å². The molecule has 8 nitrogen and oxygen atoms in total. The zero-order chi connectivity index (χ0) is 21.6. The maximum Gasteiger partial charge on any atom is 0.327 e. The summed E-state index contributed by atoms with van der Waals surface area (Å²) >= 11 is 11.6. The molecule has 1 aliphatic carbocycles. The van der Waals surface area contributed by atoms with Gasteiger partial charge in [0.15, 0.2) is 6.61 Å². The van der Waals surface area contributed by atoms with Gasteiger partial charge < -0.3 is 15.2 Å². The SMILES string of the molecule is CC(O)C(NS(=O)(=O)c1ccc(Cl)c(Cl)c1)C(=O)OCC(=O)NC1CCCCC1. The smallest absolute Gasteiger partial charge is 0.327 e. The molecule has 0 aliphatic heterocycles. The highest BCUT2D eigenvalue weighted by Crippen LogP contribution is 2.25. The fourth-order valence-corrected chi connectivity index (χ4v) is 4.61. The van der Waals surface area contributed by atoms with Crippen molar-refractivity contribution in [1.29, 1.82) is 0 Å². The molecule has 29 heavy (non-hydrogen) atoms. The van der Waals surface area contributed by atoms with Gasteiger partial charge in [0.05, 0.1) is 21.0 Å². The molecule has 1 fully saturated rings. The Balaban J connectivity index is 1.97. The minimum Gasteiger partial charge on any atom is -0.454 e. The summed E-state index contributed by atoms with van der Waals surface area (Å²) in [6.45, 7) is 0.665. The van der Waals surface area contributed by atoms with Gasteiger partial charge in [0, 0.05) is 6.04 Å². The van der Waals surface area contributed by atoms with Gasteiger partial charge >= 0.3 is 5.97 Å². The molecule has 1 aliphatic rings. The Morgan fingerprint density at radius 1 is 1.21 bits per heavy atom. The van der Waals surface area contributed by atoms with Gasteiger partial charge in [-0.3, -0.25) is 9.59 Å². The largest absolute Gasteiger partial charge is 0.454 e. The number of hydrogen-bond donors (Lipinski definition) is 3. The first-order chi connectivity index (χ1) is 13.6. The van der Waals surface area contributed by atoms with Crippen molar-refractivity contribution in [2.24, 2.45) is 0 Å². The number of halogens is 2. The highest BCUT2D eigenvalue weighted by Gasteiger charge is 2.31. The van der Waals surface area contributed by atoms with Gasteiger partial charge in [0.2, 0.25) is 10.0 Å². The van der Waals surface area contributed by atoms with E-state index in [4.69, 9.17) is 27.9 Å². The lowest BCUT2D eigenvalue weighted by Crippen LogP contribution is -2.49. The summed E-state index contributed by atoms with van der Waals surface area (Å²) in [5.41, 5.74) is 0. The third kappa shape index (κ3) is 7.11. The van der Waals surface area contributed by atoms with Crippen LogP contribution in [-0.2, 0) is 24.3 Å². The average molecular weight is 467 g/mol. The van der Waals surface area contributed by atoms with Crippen LogP contribution in [0.15, 0.2) is 23.1 Å². The number of esters is 1. The van der Waals surface area contributed by atoms with Gasteiger partial charge in [0.25, 0.3) is 5.91 Å². The number of ether oxygens (including phenoxy) is 1. The van der Waals surface area contributed by atoms with E-state index in [9.17, 15) is 23.1 Å². The second kappa shape index (κ2) is 10.6.